The normalized spacial score (nSPS) is 9.46. The molecular weight excluding hydrogens is 174 g/mol. The van der Waals surface area contributed by atoms with Crippen molar-refractivity contribution in [1.82, 2.24) is 9.80 Å². The van der Waals surface area contributed by atoms with Crippen LogP contribution in [0.3, 0.4) is 0 Å². The summed E-state index contributed by atoms with van der Waals surface area (Å²) >= 11 is 0. The summed E-state index contributed by atoms with van der Waals surface area (Å²) in [4.78, 5) is 23.8. The van der Waals surface area contributed by atoms with Crippen molar-refractivity contribution in [2.75, 3.05) is 33.7 Å². The van der Waals surface area contributed by atoms with Crippen molar-refractivity contribution in [3.05, 3.63) is 0 Å². The Balaban J connectivity index is 3.76. The number of carbonyl (C=O) groups is 2. The number of likely N-dealkylation sites (N-methyl/N-ethyl adjacent to an activating group) is 2. The molecule has 0 saturated carbocycles. The zero-order valence-corrected chi connectivity index (χ0v) is 7.86. The molecule has 0 aromatic heterocycles. The number of hydrogen-bond acceptors (Lipinski definition) is 3. The average molecular weight is 189 g/mol. The molecule has 0 aromatic rings. The third-order valence-corrected chi connectivity index (χ3v) is 1.70. The lowest BCUT2D eigenvalue weighted by Gasteiger charge is -2.19. The van der Waals surface area contributed by atoms with Gasteiger partial charge in [-0.15, -0.1) is 0 Å². The zero-order chi connectivity index (χ0) is 10.4. The number of hydrogen-bond donors (Lipinski definition) is 2. The van der Waals surface area contributed by atoms with Crippen molar-refractivity contribution < 1.29 is 14.7 Å². The highest BCUT2D eigenvalue weighted by atomic mass is 16.4. The Morgan fingerprint density at radius 2 is 1.69 bits per heavy atom. The van der Waals surface area contributed by atoms with Crippen LogP contribution < -0.4 is 5.73 Å². The SMILES string of the molecule is CN(CCN(C)C(=O)CN)C(=O)O. The highest BCUT2D eigenvalue weighted by molar-refractivity contribution is 5.77. The van der Waals surface area contributed by atoms with E-state index in [9.17, 15) is 9.59 Å². The molecule has 0 fully saturated rings. The van der Waals surface area contributed by atoms with Crippen LogP contribution in [0.2, 0.25) is 0 Å². The molecule has 0 heterocycles. The second-order valence-electron chi connectivity index (χ2n) is 2.72. The molecule has 6 heteroatoms. The van der Waals surface area contributed by atoms with Gasteiger partial charge in [0.05, 0.1) is 6.54 Å². The molecule has 6 nitrogen and oxygen atoms in total. The molecule has 0 aromatic carbocycles. The highest BCUT2D eigenvalue weighted by Crippen LogP contribution is 1.87. The number of carbonyl (C=O) groups excluding carboxylic acids is 1. The summed E-state index contributed by atoms with van der Waals surface area (Å²) in [7, 11) is 3.04. The average Bonchev–Trinajstić information content (AvgIpc) is 2.11. The first-order chi connectivity index (χ1) is 5.99. The fourth-order valence-corrected chi connectivity index (χ4v) is 0.676. The Kier molecular flexibility index (Phi) is 4.83. The lowest BCUT2D eigenvalue weighted by Crippen LogP contribution is -2.39. The van der Waals surface area contributed by atoms with Crippen LogP contribution in [0, 0.1) is 0 Å². The predicted octanol–water partition coefficient (Wildman–Crippen LogP) is -0.987. The summed E-state index contributed by atoms with van der Waals surface area (Å²) in [6.45, 7) is 0.601. The Bertz CT molecular complexity index is 195. The second-order valence-corrected chi connectivity index (χ2v) is 2.72. The minimum atomic E-state index is -1.01. The molecule has 3 N–H and O–H groups in total. The summed E-state index contributed by atoms with van der Waals surface area (Å²) in [6.07, 6.45) is -1.01. The van der Waals surface area contributed by atoms with Crippen LogP contribution in [-0.2, 0) is 4.79 Å². The number of rotatable bonds is 4. The topological polar surface area (TPSA) is 86.9 Å². The third-order valence-electron chi connectivity index (χ3n) is 1.70. The van der Waals surface area contributed by atoms with Gasteiger partial charge < -0.3 is 20.6 Å². The largest absolute Gasteiger partial charge is 0.465 e. The lowest BCUT2D eigenvalue weighted by atomic mass is 10.4. The van der Waals surface area contributed by atoms with Crippen molar-refractivity contribution in [1.29, 1.82) is 0 Å². The van der Waals surface area contributed by atoms with Crippen molar-refractivity contribution in [2.24, 2.45) is 5.73 Å². The van der Waals surface area contributed by atoms with Crippen molar-refractivity contribution in [3.8, 4) is 0 Å². The standard InChI is InChI=1S/C7H15N3O3/c1-9(6(11)5-8)3-4-10(2)7(12)13/h3-5,8H2,1-2H3,(H,12,13). The smallest absolute Gasteiger partial charge is 0.407 e. The van der Waals surface area contributed by atoms with E-state index in [0.29, 0.717) is 6.54 Å². The van der Waals surface area contributed by atoms with Crippen LogP contribution >= 0.6 is 0 Å². The molecule has 0 unspecified atom stereocenters. The number of carboxylic acid groups (broad SMARTS) is 1. The summed E-state index contributed by atoms with van der Waals surface area (Å²) < 4.78 is 0. The first-order valence-electron chi connectivity index (χ1n) is 3.87. The van der Waals surface area contributed by atoms with Gasteiger partial charge in [0, 0.05) is 27.2 Å². The van der Waals surface area contributed by atoms with E-state index in [0.717, 1.165) is 4.90 Å². The molecular formula is C7H15N3O3. The van der Waals surface area contributed by atoms with E-state index in [1.165, 1.54) is 11.9 Å². The van der Waals surface area contributed by atoms with E-state index < -0.39 is 6.09 Å². The minimum absolute atomic E-state index is 0.0483. The Morgan fingerprint density at radius 3 is 2.08 bits per heavy atom. The van der Waals surface area contributed by atoms with Crippen LogP contribution in [0.1, 0.15) is 0 Å². The fraction of sp³-hybridized carbons (Fsp3) is 0.714. The molecule has 0 aliphatic carbocycles. The van der Waals surface area contributed by atoms with Gasteiger partial charge in [-0.3, -0.25) is 4.79 Å². The van der Waals surface area contributed by atoms with Gasteiger partial charge in [0.2, 0.25) is 5.91 Å². The maximum Gasteiger partial charge on any atom is 0.407 e. The van der Waals surface area contributed by atoms with E-state index in [1.807, 2.05) is 0 Å². The predicted molar refractivity (Wildman–Crippen MR) is 47.3 cm³/mol. The van der Waals surface area contributed by atoms with Gasteiger partial charge in [0.15, 0.2) is 0 Å². The van der Waals surface area contributed by atoms with E-state index in [-0.39, 0.29) is 19.0 Å². The molecule has 0 rings (SSSR count). The second kappa shape index (κ2) is 5.36. The van der Waals surface area contributed by atoms with Crippen LogP contribution in [0.4, 0.5) is 4.79 Å². The number of nitrogens with two attached hydrogens (primary N) is 1. The highest BCUT2D eigenvalue weighted by Gasteiger charge is 2.09. The number of amides is 2. The number of nitrogens with zero attached hydrogens (tertiary/aromatic N) is 2. The third kappa shape index (κ3) is 4.32. The van der Waals surface area contributed by atoms with Gasteiger partial charge in [-0.1, -0.05) is 0 Å². The van der Waals surface area contributed by atoms with Gasteiger partial charge in [-0.05, 0) is 0 Å². The first kappa shape index (κ1) is 11.7. The lowest BCUT2D eigenvalue weighted by molar-refractivity contribution is -0.128. The monoisotopic (exact) mass is 189 g/mol. The fourth-order valence-electron chi connectivity index (χ4n) is 0.676. The summed E-state index contributed by atoms with van der Waals surface area (Å²) in [5, 5.41) is 8.49. The Labute approximate surface area is 76.9 Å². The maximum absolute atomic E-state index is 10.9. The van der Waals surface area contributed by atoms with Gasteiger partial charge in [0.1, 0.15) is 0 Å². The molecule has 0 aliphatic heterocycles. The van der Waals surface area contributed by atoms with Crippen LogP contribution in [0.15, 0.2) is 0 Å². The maximum atomic E-state index is 10.9. The van der Waals surface area contributed by atoms with Crippen LogP contribution in [-0.4, -0.2) is 60.6 Å². The van der Waals surface area contributed by atoms with Crippen LogP contribution in [0.5, 0.6) is 0 Å². The summed E-state index contributed by atoms with van der Waals surface area (Å²) in [5.74, 6) is -0.196. The molecule has 0 atom stereocenters. The molecule has 0 saturated heterocycles. The van der Waals surface area contributed by atoms with Gasteiger partial charge in [0.25, 0.3) is 0 Å². The quantitative estimate of drug-likeness (QED) is 0.594. The van der Waals surface area contributed by atoms with E-state index in [4.69, 9.17) is 10.8 Å². The van der Waals surface area contributed by atoms with Crippen molar-refractivity contribution in [3.63, 3.8) is 0 Å². The van der Waals surface area contributed by atoms with E-state index >= 15 is 0 Å². The van der Waals surface area contributed by atoms with Crippen molar-refractivity contribution in [2.45, 2.75) is 0 Å². The van der Waals surface area contributed by atoms with Gasteiger partial charge in [-0.25, -0.2) is 4.79 Å². The molecule has 2 amide bonds. The van der Waals surface area contributed by atoms with E-state index in [2.05, 4.69) is 0 Å². The molecule has 0 spiro atoms. The minimum Gasteiger partial charge on any atom is -0.465 e. The molecule has 13 heavy (non-hydrogen) atoms. The first-order valence-corrected chi connectivity index (χ1v) is 3.87. The molecule has 0 radical (unpaired) electrons. The van der Waals surface area contributed by atoms with Gasteiger partial charge in [-0.2, -0.15) is 0 Å². The molecule has 0 bridgehead atoms. The van der Waals surface area contributed by atoms with Crippen molar-refractivity contribution >= 4 is 12.0 Å². The molecule has 76 valence electrons. The summed E-state index contributed by atoms with van der Waals surface area (Å²) in [6, 6.07) is 0. The summed E-state index contributed by atoms with van der Waals surface area (Å²) in [5.41, 5.74) is 5.12. The Morgan fingerprint density at radius 1 is 1.23 bits per heavy atom. The van der Waals surface area contributed by atoms with Gasteiger partial charge >= 0.3 is 6.09 Å². The Hall–Kier alpha value is -1.30. The zero-order valence-electron chi connectivity index (χ0n) is 7.86. The van der Waals surface area contributed by atoms with E-state index in [1.54, 1.807) is 7.05 Å². The molecule has 0 aliphatic rings. The van der Waals surface area contributed by atoms with Crippen LogP contribution in [0.25, 0.3) is 0 Å².